The topological polar surface area (TPSA) is 87.5 Å². The van der Waals surface area contributed by atoms with Crippen LogP contribution in [0.25, 0.3) is 0 Å². The van der Waals surface area contributed by atoms with Crippen LogP contribution in [0.4, 0.5) is 5.95 Å². The molecule has 0 fully saturated rings. The summed E-state index contributed by atoms with van der Waals surface area (Å²) in [5.41, 5.74) is 7.52. The smallest absolute Gasteiger partial charge is 0.338 e. The van der Waals surface area contributed by atoms with Gasteiger partial charge in [0.05, 0.1) is 23.8 Å². The van der Waals surface area contributed by atoms with Crippen molar-refractivity contribution in [2.75, 3.05) is 19.0 Å². The third-order valence-electron chi connectivity index (χ3n) is 7.53. The largest absolute Gasteiger partial charge is 0.493 e. The molecule has 0 radical (unpaired) electrons. The van der Waals surface area contributed by atoms with Gasteiger partial charge in [0.25, 0.3) is 0 Å². The van der Waals surface area contributed by atoms with Gasteiger partial charge in [0.2, 0.25) is 11.1 Å². The molecule has 0 saturated heterocycles. The van der Waals surface area contributed by atoms with Gasteiger partial charge in [-0.2, -0.15) is 4.98 Å². The van der Waals surface area contributed by atoms with Crippen molar-refractivity contribution in [2.24, 2.45) is 0 Å². The molecule has 0 saturated carbocycles. The SMILES string of the molecule is CCOC(=O)C1=C(C)Nc2nc(SCc3ccccc3Cl)nn2C1c1cc(Br)c(OCc2cc(C)c(C)cc2C)c(OC)c1. The number of ether oxygens (including phenoxy) is 3. The van der Waals surface area contributed by atoms with Crippen molar-refractivity contribution in [2.45, 2.75) is 58.2 Å². The molecule has 3 aromatic carbocycles. The summed E-state index contributed by atoms with van der Waals surface area (Å²) >= 11 is 11.6. The maximum absolute atomic E-state index is 13.3. The number of benzene rings is 3. The molecule has 0 aliphatic carbocycles. The Labute approximate surface area is 275 Å². The van der Waals surface area contributed by atoms with Gasteiger partial charge in [-0.25, -0.2) is 9.48 Å². The molecule has 1 aliphatic rings. The first kappa shape index (κ1) is 31.9. The van der Waals surface area contributed by atoms with Crippen molar-refractivity contribution in [3.05, 3.63) is 103 Å². The van der Waals surface area contributed by atoms with Gasteiger partial charge >= 0.3 is 5.97 Å². The number of nitrogens with zero attached hydrogens (tertiary/aromatic N) is 3. The van der Waals surface area contributed by atoms with Gasteiger partial charge in [-0.3, -0.25) is 0 Å². The summed E-state index contributed by atoms with van der Waals surface area (Å²) in [7, 11) is 1.60. The van der Waals surface area contributed by atoms with Crippen molar-refractivity contribution in [1.29, 1.82) is 0 Å². The maximum Gasteiger partial charge on any atom is 0.338 e. The summed E-state index contributed by atoms with van der Waals surface area (Å²) in [6.07, 6.45) is 0. The lowest BCUT2D eigenvalue weighted by atomic mass is 9.95. The van der Waals surface area contributed by atoms with Gasteiger partial charge in [0.15, 0.2) is 11.5 Å². The number of hydrogen-bond donors (Lipinski definition) is 1. The van der Waals surface area contributed by atoms with E-state index in [0.717, 1.165) is 22.3 Å². The summed E-state index contributed by atoms with van der Waals surface area (Å²) in [6.45, 7) is 10.5. The highest BCUT2D eigenvalue weighted by Crippen LogP contribution is 2.44. The van der Waals surface area contributed by atoms with Gasteiger partial charge in [0.1, 0.15) is 12.6 Å². The Balaban J connectivity index is 1.51. The Kier molecular flexibility index (Phi) is 9.92. The molecule has 11 heteroatoms. The number of allylic oxidation sites excluding steroid dienone is 1. The third kappa shape index (κ3) is 6.62. The molecule has 8 nitrogen and oxygen atoms in total. The third-order valence-corrected chi connectivity index (χ3v) is 9.38. The van der Waals surface area contributed by atoms with Gasteiger partial charge in [-0.05, 0) is 102 Å². The second-order valence-corrected chi connectivity index (χ2v) is 12.7. The zero-order chi connectivity index (χ0) is 31.5. The molecule has 1 atom stereocenters. The van der Waals surface area contributed by atoms with Crippen LogP contribution in [-0.2, 0) is 21.9 Å². The minimum absolute atomic E-state index is 0.239. The van der Waals surface area contributed by atoms with Crippen molar-refractivity contribution in [3.63, 3.8) is 0 Å². The monoisotopic (exact) mass is 696 g/mol. The molecule has 0 amide bonds. The quantitative estimate of drug-likeness (QED) is 0.131. The standard InChI is InChI=1S/C33H34BrClN4O4S/c1-7-42-31(40)28-21(5)36-32-37-33(44-17-22-10-8-9-11-26(22)35)38-39(32)29(28)23-14-25(34)30(27(15-23)41-6)43-16-24-13-19(3)18(2)12-20(24)4/h8-15,29H,7,16-17H2,1-6H3,(H,36,37,38). The van der Waals surface area contributed by atoms with Crippen LogP contribution >= 0.6 is 39.3 Å². The number of anilines is 1. The van der Waals surface area contributed by atoms with Crippen LogP contribution in [0, 0.1) is 20.8 Å². The number of rotatable bonds is 10. The van der Waals surface area contributed by atoms with Gasteiger partial charge in [-0.1, -0.05) is 53.7 Å². The minimum Gasteiger partial charge on any atom is -0.493 e. The molecule has 1 N–H and O–H groups in total. The molecule has 4 aromatic rings. The van der Waals surface area contributed by atoms with E-state index in [1.165, 1.54) is 22.9 Å². The lowest BCUT2D eigenvalue weighted by Crippen LogP contribution is -2.29. The second kappa shape index (κ2) is 13.7. The molecule has 1 aliphatic heterocycles. The van der Waals surface area contributed by atoms with Gasteiger partial charge < -0.3 is 19.5 Å². The summed E-state index contributed by atoms with van der Waals surface area (Å²) in [5.74, 6) is 1.76. The number of hydrogen-bond acceptors (Lipinski definition) is 8. The number of halogens is 2. The number of carbonyl (C=O) groups is 1. The Hall–Kier alpha value is -3.47. The predicted octanol–water partition coefficient (Wildman–Crippen LogP) is 8.35. The minimum atomic E-state index is -0.631. The number of thioether (sulfide) groups is 1. The fraction of sp³-hybridized carbons (Fsp3) is 0.303. The van der Waals surface area contributed by atoms with Crippen LogP contribution in [-0.4, -0.2) is 34.5 Å². The van der Waals surface area contributed by atoms with Crippen LogP contribution < -0.4 is 14.8 Å². The van der Waals surface area contributed by atoms with Crippen molar-refractivity contribution < 1.29 is 19.0 Å². The zero-order valence-corrected chi connectivity index (χ0v) is 28.6. The molecule has 1 aromatic heterocycles. The molecule has 0 bridgehead atoms. The molecule has 1 unspecified atom stereocenters. The Morgan fingerprint density at radius 3 is 2.55 bits per heavy atom. The fourth-order valence-corrected chi connectivity index (χ4v) is 6.78. The highest BCUT2D eigenvalue weighted by molar-refractivity contribution is 9.10. The van der Waals surface area contributed by atoms with Crippen molar-refractivity contribution in [3.8, 4) is 11.5 Å². The molecule has 230 valence electrons. The van der Waals surface area contributed by atoms with Crippen molar-refractivity contribution >= 4 is 51.2 Å². The maximum atomic E-state index is 13.3. The lowest BCUT2D eigenvalue weighted by Gasteiger charge is -2.28. The first-order valence-corrected chi connectivity index (χ1v) is 16.3. The Morgan fingerprint density at radius 2 is 1.82 bits per heavy atom. The Morgan fingerprint density at radius 1 is 1.07 bits per heavy atom. The molecular formula is C33H34BrClN4O4S. The van der Waals surface area contributed by atoms with Gasteiger partial charge in [0, 0.05) is 16.5 Å². The molecule has 44 heavy (non-hydrogen) atoms. The number of fused-ring (bicyclic) bond motifs is 1. The number of aromatic nitrogens is 3. The number of esters is 1. The average molecular weight is 698 g/mol. The van der Waals surface area contributed by atoms with Crippen LogP contribution in [0.5, 0.6) is 11.5 Å². The molecular weight excluding hydrogens is 664 g/mol. The fourth-order valence-electron chi connectivity index (χ4n) is 5.10. The number of aryl methyl sites for hydroxylation is 3. The number of methoxy groups -OCH3 is 1. The van der Waals surface area contributed by atoms with E-state index < -0.39 is 12.0 Å². The van der Waals surface area contributed by atoms with Crippen LogP contribution in [0.3, 0.4) is 0 Å². The molecule has 5 rings (SSSR count). The first-order chi connectivity index (χ1) is 21.1. The van der Waals surface area contributed by atoms with E-state index in [4.69, 9.17) is 35.9 Å². The van der Waals surface area contributed by atoms with E-state index in [0.29, 0.717) is 55.7 Å². The van der Waals surface area contributed by atoms with Gasteiger partial charge in [-0.15, -0.1) is 5.10 Å². The highest BCUT2D eigenvalue weighted by atomic mass is 79.9. The lowest BCUT2D eigenvalue weighted by molar-refractivity contribution is -0.139. The predicted molar refractivity (Wildman–Crippen MR) is 178 cm³/mol. The average Bonchev–Trinajstić information content (AvgIpc) is 3.39. The second-order valence-electron chi connectivity index (χ2n) is 10.5. The van der Waals surface area contributed by atoms with Crippen molar-refractivity contribution in [1.82, 2.24) is 14.8 Å². The Bertz CT molecular complexity index is 1760. The molecule has 2 heterocycles. The summed E-state index contributed by atoms with van der Waals surface area (Å²) in [6, 6.07) is 15.2. The number of carbonyl (C=O) groups excluding carboxylic acids is 1. The van der Waals surface area contributed by atoms with E-state index in [1.807, 2.05) is 43.3 Å². The first-order valence-electron chi connectivity index (χ1n) is 14.2. The van der Waals surface area contributed by atoms with Crippen LogP contribution in [0.1, 0.15) is 53.3 Å². The van der Waals surface area contributed by atoms with E-state index in [9.17, 15) is 4.79 Å². The van der Waals surface area contributed by atoms with E-state index in [2.05, 4.69) is 54.2 Å². The highest BCUT2D eigenvalue weighted by Gasteiger charge is 2.36. The van der Waals surface area contributed by atoms with E-state index >= 15 is 0 Å². The molecule has 0 spiro atoms. The van der Waals surface area contributed by atoms with Crippen LogP contribution in [0.15, 0.2) is 69.4 Å². The van der Waals surface area contributed by atoms with E-state index in [-0.39, 0.29) is 6.61 Å². The summed E-state index contributed by atoms with van der Waals surface area (Å²) < 4.78 is 20.0. The van der Waals surface area contributed by atoms with Crippen LogP contribution in [0.2, 0.25) is 5.02 Å². The normalized spacial score (nSPS) is 14.2. The summed E-state index contributed by atoms with van der Waals surface area (Å²) in [5, 5.41) is 9.30. The zero-order valence-electron chi connectivity index (χ0n) is 25.5. The summed E-state index contributed by atoms with van der Waals surface area (Å²) in [4.78, 5) is 18.1. The number of nitrogens with one attached hydrogen (secondary N) is 1. The van der Waals surface area contributed by atoms with E-state index in [1.54, 1.807) is 18.7 Å².